The lowest BCUT2D eigenvalue weighted by molar-refractivity contribution is -0.870. The third-order valence-electron chi connectivity index (χ3n) is 9.43. The smallest absolute Gasteiger partial charge is 0.391 e. The summed E-state index contributed by atoms with van der Waals surface area (Å²) in [7, 11) is 1.56. The lowest BCUT2D eigenvalue weighted by Crippen LogP contribution is -2.46. The molecule has 0 aromatic carbocycles. The summed E-state index contributed by atoms with van der Waals surface area (Å²) in [5.41, 5.74) is 0. The Balaban J connectivity index is 4.48. The van der Waals surface area contributed by atoms with Crippen molar-refractivity contribution in [2.24, 2.45) is 0 Å². The molecule has 0 saturated carbocycles. The van der Waals surface area contributed by atoms with Crippen molar-refractivity contribution in [3.63, 3.8) is 0 Å². The number of hydrogen-bond donors (Lipinski definition) is 3. The van der Waals surface area contributed by atoms with Gasteiger partial charge in [0.2, 0.25) is 5.91 Å². The summed E-state index contributed by atoms with van der Waals surface area (Å²) >= 11 is 0. The Morgan fingerprint density at radius 3 is 1.77 bits per heavy atom. The molecule has 0 aliphatic rings. The molecule has 0 bridgehead atoms. The van der Waals surface area contributed by atoms with Gasteiger partial charge in [0.05, 0.1) is 39.9 Å². The zero-order valence-electron chi connectivity index (χ0n) is 34.3. The largest absolute Gasteiger partial charge is 0.472 e. The summed E-state index contributed by atoms with van der Waals surface area (Å²) in [6.45, 7) is 4.69. The predicted octanol–water partition coefficient (Wildman–Crippen LogP) is 10.5. The number of likely N-dealkylation sites (N-methyl/N-ethyl adjacent to an activating group) is 1. The van der Waals surface area contributed by atoms with Gasteiger partial charge < -0.3 is 19.8 Å². The maximum Gasteiger partial charge on any atom is 0.472 e. The fourth-order valence-electron chi connectivity index (χ4n) is 5.97. The van der Waals surface area contributed by atoms with E-state index in [1.165, 1.54) is 70.6 Å². The van der Waals surface area contributed by atoms with Crippen LogP contribution < -0.4 is 5.32 Å². The van der Waals surface area contributed by atoms with Gasteiger partial charge in [-0.2, -0.15) is 0 Å². The highest BCUT2D eigenvalue weighted by Crippen LogP contribution is 2.43. The summed E-state index contributed by atoms with van der Waals surface area (Å²) in [6.07, 6.45) is 34.6. The fraction of sp³-hybridized carbons (Fsp3) is 0.857. The van der Waals surface area contributed by atoms with Crippen LogP contribution >= 0.6 is 7.82 Å². The van der Waals surface area contributed by atoms with Gasteiger partial charge in [-0.05, 0) is 38.2 Å². The van der Waals surface area contributed by atoms with Crippen molar-refractivity contribution in [3.8, 4) is 0 Å². The average Bonchev–Trinajstić information content (AvgIpc) is 3.08. The SMILES string of the molecule is CCCCCCCCCCCCCCCC[C@@H](O)[C@H](COP(=O)(O)OCC[N+](C)(C)C)NC(=O)CCCCCCC/C=C\C=C\C(=O)CCCCC. The molecule has 3 N–H and O–H groups in total. The zero-order valence-corrected chi connectivity index (χ0v) is 35.2. The number of quaternary nitrogens is 1. The van der Waals surface area contributed by atoms with Gasteiger partial charge in [-0.3, -0.25) is 18.6 Å². The van der Waals surface area contributed by atoms with E-state index in [2.05, 4.69) is 25.2 Å². The Kier molecular flexibility index (Phi) is 33.3. The Bertz CT molecular complexity index is 966. The van der Waals surface area contributed by atoms with Crippen molar-refractivity contribution in [3.05, 3.63) is 24.3 Å². The highest BCUT2D eigenvalue weighted by Gasteiger charge is 2.28. The van der Waals surface area contributed by atoms with E-state index in [-0.39, 0.29) is 24.9 Å². The van der Waals surface area contributed by atoms with Gasteiger partial charge >= 0.3 is 7.82 Å². The Morgan fingerprint density at radius 2 is 1.19 bits per heavy atom. The normalized spacial score (nSPS) is 14.6. The Labute approximate surface area is 320 Å². The molecule has 3 atom stereocenters. The predicted molar refractivity (Wildman–Crippen MR) is 217 cm³/mol. The van der Waals surface area contributed by atoms with E-state index in [4.69, 9.17) is 9.05 Å². The van der Waals surface area contributed by atoms with Crippen molar-refractivity contribution in [2.75, 3.05) is 40.9 Å². The van der Waals surface area contributed by atoms with Crippen LogP contribution in [0.4, 0.5) is 0 Å². The van der Waals surface area contributed by atoms with E-state index in [0.717, 1.165) is 77.0 Å². The molecule has 0 aromatic rings. The second-order valence-corrected chi connectivity index (χ2v) is 17.2. The second-order valence-electron chi connectivity index (χ2n) is 15.8. The van der Waals surface area contributed by atoms with Crippen LogP contribution in [-0.4, -0.2) is 79.2 Å². The number of nitrogens with zero attached hydrogens (tertiary/aromatic N) is 1. The molecule has 0 spiro atoms. The van der Waals surface area contributed by atoms with Crippen LogP contribution in [0.1, 0.15) is 181 Å². The van der Waals surface area contributed by atoms with Crippen LogP contribution in [0.2, 0.25) is 0 Å². The molecule has 52 heavy (non-hydrogen) atoms. The summed E-state index contributed by atoms with van der Waals surface area (Å²) in [5.74, 6) is 0.000250. The second kappa shape index (κ2) is 34.2. The first-order valence-electron chi connectivity index (χ1n) is 21.2. The molecule has 10 heteroatoms. The van der Waals surface area contributed by atoms with Gasteiger partial charge in [0.1, 0.15) is 13.2 Å². The Hall–Kier alpha value is -1.35. The highest BCUT2D eigenvalue weighted by atomic mass is 31.2. The quantitative estimate of drug-likeness (QED) is 0.0188. The van der Waals surface area contributed by atoms with E-state index >= 15 is 0 Å². The van der Waals surface area contributed by atoms with Gasteiger partial charge in [-0.1, -0.05) is 154 Å². The van der Waals surface area contributed by atoms with Crippen molar-refractivity contribution < 1.29 is 37.7 Å². The lowest BCUT2D eigenvalue weighted by Gasteiger charge is -2.26. The molecular weight excluding hydrogens is 675 g/mol. The van der Waals surface area contributed by atoms with Crippen LogP contribution in [-0.2, 0) is 23.2 Å². The van der Waals surface area contributed by atoms with Crippen LogP contribution in [0.5, 0.6) is 0 Å². The molecule has 0 saturated heterocycles. The monoisotopic (exact) mass is 758 g/mol. The maximum absolute atomic E-state index is 12.8. The standard InChI is InChI=1S/C42H81N2O7P/c1-6-8-10-11-12-13-14-15-16-17-20-23-26-30-34-41(46)40(38-51-52(48,49)50-37-36-44(3,4)5)43-42(47)35-31-27-24-21-18-19-22-25-29-33-39(45)32-28-9-7-2/h22,25,29,33,40-41,46H,6-21,23-24,26-28,30-32,34-38H2,1-5H3,(H-,43,47,48,49)/p+1/b25-22-,33-29+/t40-,41+/m0/s1. The zero-order chi connectivity index (χ0) is 38.8. The first kappa shape index (κ1) is 50.6. The van der Waals surface area contributed by atoms with Crippen molar-refractivity contribution in [1.82, 2.24) is 5.32 Å². The first-order valence-corrected chi connectivity index (χ1v) is 22.7. The highest BCUT2D eigenvalue weighted by molar-refractivity contribution is 7.47. The molecule has 9 nitrogen and oxygen atoms in total. The number of rotatable bonds is 38. The minimum atomic E-state index is -4.33. The van der Waals surface area contributed by atoms with E-state index in [9.17, 15) is 24.2 Å². The Morgan fingerprint density at radius 1 is 0.692 bits per heavy atom. The molecular formula is C42H82N2O7P+. The van der Waals surface area contributed by atoms with E-state index in [1.807, 2.05) is 33.3 Å². The summed E-state index contributed by atoms with van der Waals surface area (Å²) < 4.78 is 23.5. The van der Waals surface area contributed by atoms with Crippen molar-refractivity contribution in [2.45, 2.75) is 193 Å². The number of amides is 1. The van der Waals surface area contributed by atoms with Crippen LogP contribution in [0, 0.1) is 0 Å². The van der Waals surface area contributed by atoms with E-state index < -0.39 is 20.0 Å². The minimum absolute atomic E-state index is 0.0590. The van der Waals surface area contributed by atoms with Gasteiger partial charge in [-0.25, -0.2) is 4.57 Å². The number of hydrogen-bond acceptors (Lipinski definition) is 6. The molecule has 0 radical (unpaired) electrons. The average molecular weight is 758 g/mol. The van der Waals surface area contributed by atoms with Crippen LogP contribution in [0.3, 0.4) is 0 Å². The number of phosphoric ester groups is 1. The number of phosphoric acid groups is 1. The lowest BCUT2D eigenvalue weighted by atomic mass is 10.0. The number of aliphatic hydroxyl groups is 1. The third-order valence-corrected chi connectivity index (χ3v) is 10.4. The van der Waals surface area contributed by atoms with E-state index in [1.54, 1.807) is 6.08 Å². The molecule has 1 amide bonds. The summed E-state index contributed by atoms with van der Waals surface area (Å²) in [6, 6.07) is -0.788. The number of allylic oxidation sites excluding steroid dienone is 4. The van der Waals surface area contributed by atoms with Gasteiger partial charge in [0.15, 0.2) is 5.78 Å². The van der Waals surface area contributed by atoms with Gasteiger partial charge in [-0.15, -0.1) is 0 Å². The number of carbonyl (C=O) groups excluding carboxylic acids is 2. The van der Waals surface area contributed by atoms with E-state index in [0.29, 0.717) is 30.3 Å². The summed E-state index contributed by atoms with van der Waals surface area (Å²) in [5, 5.41) is 13.9. The maximum atomic E-state index is 12.8. The molecule has 0 heterocycles. The van der Waals surface area contributed by atoms with Crippen molar-refractivity contribution in [1.29, 1.82) is 0 Å². The minimum Gasteiger partial charge on any atom is -0.391 e. The third kappa shape index (κ3) is 35.7. The molecule has 0 aromatic heterocycles. The molecule has 0 aliphatic carbocycles. The number of carbonyl (C=O) groups is 2. The molecule has 0 rings (SSSR count). The van der Waals surface area contributed by atoms with Gasteiger partial charge in [0.25, 0.3) is 0 Å². The topological polar surface area (TPSA) is 122 Å². The van der Waals surface area contributed by atoms with Crippen molar-refractivity contribution >= 4 is 19.5 Å². The number of unbranched alkanes of at least 4 members (excludes halogenated alkanes) is 20. The molecule has 0 fully saturated rings. The fourth-order valence-corrected chi connectivity index (χ4v) is 6.70. The van der Waals surface area contributed by atoms with Crippen LogP contribution in [0.25, 0.3) is 0 Å². The number of nitrogens with one attached hydrogen (secondary N) is 1. The molecule has 0 aliphatic heterocycles. The number of aliphatic hydroxyl groups excluding tert-OH is 1. The van der Waals surface area contributed by atoms with Gasteiger partial charge in [0, 0.05) is 12.8 Å². The summed E-state index contributed by atoms with van der Waals surface area (Å²) in [4.78, 5) is 34.8. The first-order chi connectivity index (χ1) is 24.9. The van der Waals surface area contributed by atoms with Crippen LogP contribution in [0.15, 0.2) is 24.3 Å². The number of ketones is 1. The molecule has 1 unspecified atom stereocenters. The molecule has 306 valence electrons.